The molecule has 0 heterocycles. The van der Waals surface area contributed by atoms with E-state index in [9.17, 15) is 0 Å². The van der Waals surface area contributed by atoms with Crippen molar-refractivity contribution in [3.8, 4) is 0 Å². The number of hydrogen-bond donors (Lipinski definition) is 2. The summed E-state index contributed by atoms with van der Waals surface area (Å²) in [6, 6.07) is 1.23. The highest BCUT2D eigenvalue weighted by Crippen LogP contribution is 2.51. The molecule has 2 aliphatic rings. The first-order valence-electron chi connectivity index (χ1n) is 6.61. The lowest BCUT2D eigenvalue weighted by Crippen LogP contribution is -2.40. The van der Waals surface area contributed by atoms with Gasteiger partial charge in [-0.1, -0.05) is 13.8 Å². The lowest BCUT2D eigenvalue weighted by atomic mass is 9.89. The predicted octanol–water partition coefficient (Wildman–Crippen LogP) is 2.28. The van der Waals surface area contributed by atoms with Gasteiger partial charge in [-0.3, -0.25) is 0 Å². The van der Waals surface area contributed by atoms with Gasteiger partial charge < -0.3 is 11.1 Å². The number of nitrogens with one attached hydrogen (secondary N) is 1. The summed E-state index contributed by atoms with van der Waals surface area (Å²) in [5, 5.41) is 3.77. The Labute approximate surface area is 94.0 Å². The lowest BCUT2D eigenvalue weighted by molar-refractivity contribution is 0.281. The van der Waals surface area contributed by atoms with Gasteiger partial charge in [0.05, 0.1) is 0 Å². The Morgan fingerprint density at radius 3 is 2.27 bits per heavy atom. The van der Waals surface area contributed by atoms with E-state index in [1.54, 1.807) is 0 Å². The van der Waals surface area contributed by atoms with Crippen molar-refractivity contribution in [2.75, 3.05) is 6.54 Å². The van der Waals surface area contributed by atoms with Gasteiger partial charge in [-0.25, -0.2) is 0 Å². The van der Waals surface area contributed by atoms with Crippen molar-refractivity contribution in [2.24, 2.45) is 17.1 Å². The molecule has 2 aliphatic carbocycles. The molecule has 0 radical (unpaired) electrons. The molecule has 0 unspecified atom stereocenters. The van der Waals surface area contributed by atoms with E-state index in [2.05, 4.69) is 19.2 Å². The van der Waals surface area contributed by atoms with Gasteiger partial charge in [-0.2, -0.15) is 0 Å². The molecule has 0 amide bonds. The molecule has 0 aliphatic heterocycles. The summed E-state index contributed by atoms with van der Waals surface area (Å²) < 4.78 is 0. The second-order valence-electron chi connectivity index (χ2n) is 6.01. The first-order valence-corrected chi connectivity index (χ1v) is 6.61. The monoisotopic (exact) mass is 210 g/mol. The number of nitrogens with two attached hydrogens (primary N) is 1. The quantitative estimate of drug-likeness (QED) is 0.747. The van der Waals surface area contributed by atoms with Crippen molar-refractivity contribution in [1.82, 2.24) is 5.32 Å². The molecular formula is C13H26N2. The smallest absolute Gasteiger partial charge is 0.00684 e. The summed E-state index contributed by atoms with van der Waals surface area (Å²) in [7, 11) is 0. The Morgan fingerprint density at radius 1 is 1.20 bits per heavy atom. The van der Waals surface area contributed by atoms with Crippen LogP contribution < -0.4 is 11.1 Å². The van der Waals surface area contributed by atoms with Crippen LogP contribution in [0.15, 0.2) is 0 Å². The number of hydrogen-bond acceptors (Lipinski definition) is 2. The highest BCUT2D eigenvalue weighted by atomic mass is 14.9. The van der Waals surface area contributed by atoms with Crippen LogP contribution in [0.5, 0.6) is 0 Å². The van der Waals surface area contributed by atoms with Crippen LogP contribution in [0, 0.1) is 11.3 Å². The molecule has 2 heteroatoms. The zero-order chi connectivity index (χ0) is 10.9. The van der Waals surface area contributed by atoms with E-state index in [0.717, 1.165) is 12.0 Å². The molecule has 2 saturated carbocycles. The van der Waals surface area contributed by atoms with Gasteiger partial charge in [0.1, 0.15) is 0 Å². The van der Waals surface area contributed by atoms with Crippen molar-refractivity contribution in [1.29, 1.82) is 0 Å². The van der Waals surface area contributed by atoms with Crippen LogP contribution in [0.1, 0.15) is 52.4 Å². The molecule has 0 spiro atoms. The van der Waals surface area contributed by atoms with Crippen molar-refractivity contribution in [2.45, 2.75) is 64.5 Å². The van der Waals surface area contributed by atoms with Crippen LogP contribution in [0.4, 0.5) is 0 Å². The molecular weight excluding hydrogens is 184 g/mol. The van der Waals surface area contributed by atoms with Gasteiger partial charge in [0.15, 0.2) is 0 Å². The minimum Gasteiger partial charge on any atom is -0.328 e. The van der Waals surface area contributed by atoms with E-state index in [0.29, 0.717) is 11.5 Å². The fraction of sp³-hybridized carbons (Fsp3) is 1.00. The second-order valence-corrected chi connectivity index (χ2v) is 6.01. The SMILES string of the molecule is CC(C)C1(CNC2CCC(N)CC2)CC1. The summed E-state index contributed by atoms with van der Waals surface area (Å²) in [5.74, 6) is 0.843. The van der Waals surface area contributed by atoms with Crippen LogP contribution in [0.3, 0.4) is 0 Å². The molecule has 0 saturated heterocycles. The maximum atomic E-state index is 5.91. The fourth-order valence-electron chi connectivity index (χ4n) is 2.79. The average Bonchev–Trinajstić information content (AvgIpc) is 2.98. The van der Waals surface area contributed by atoms with Crippen LogP contribution in [0.2, 0.25) is 0 Å². The highest BCUT2D eigenvalue weighted by Gasteiger charge is 2.45. The summed E-state index contributed by atoms with van der Waals surface area (Å²) in [6.07, 6.45) is 7.87. The molecule has 0 atom stereocenters. The maximum Gasteiger partial charge on any atom is 0.00684 e. The summed E-state index contributed by atoms with van der Waals surface area (Å²) in [6.45, 7) is 5.97. The Bertz CT molecular complexity index is 201. The van der Waals surface area contributed by atoms with Gasteiger partial charge in [-0.05, 0) is 49.9 Å². The third kappa shape index (κ3) is 2.73. The van der Waals surface area contributed by atoms with Crippen molar-refractivity contribution < 1.29 is 0 Å². The number of rotatable bonds is 4. The van der Waals surface area contributed by atoms with Gasteiger partial charge in [0.2, 0.25) is 0 Å². The maximum absolute atomic E-state index is 5.91. The molecule has 2 rings (SSSR count). The van der Waals surface area contributed by atoms with Crippen molar-refractivity contribution >= 4 is 0 Å². The minimum absolute atomic E-state index is 0.475. The lowest BCUT2D eigenvalue weighted by Gasteiger charge is -2.29. The molecule has 0 aromatic rings. The molecule has 0 bridgehead atoms. The molecule has 0 aromatic carbocycles. The van der Waals surface area contributed by atoms with Gasteiger partial charge in [0, 0.05) is 18.6 Å². The zero-order valence-corrected chi connectivity index (χ0v) is 10.3. The molecule has 88 valence electrons. The van der Waals surface area contributed by atoms with Gasteiger partial charge in [0.25, 0.3) is 0 Å². The second kappa shape index (κ2) is 4.42. The zero-order valence-electron chi connectivity index (χ0n) is 10.3. The normalized spacial score (nSPS) is 34.4. The Kier molecular flexibility index (Phi) is 3.36. The van der Waals surface area contributed by atoms with E-state index < -0.39 is 0 Å². The minimum atomic E-state index is 0.475. The Balaban J connectivity index is 1.70. The molecule has 2 fully saturated rings. The third-order valence-electron chi connectivity index (χ3n) is 4.63. The van der Waals surface area contributed by atoms with Crippen LogP contribution in [-0.4, -0.2) is 18.6 Å². The Morgan fingerprint density at radius 2 is 1.80 bits per heavy atom. The predicted molar refractivity (Wildman–Crippen MR) is 64.7 cm³/mol. The molecule has 15 heavy (non-hydrogen) atoms. The summed E-state index contributed by atoms with van der Waals surface area (Å²) in [5.41, 5.74) is 6.56. The highest BCUT2D eigenvalue weighted by molar-refractivity contribution is 4.98. The average molecular weight is 210 g/mol. The van der Waals surface area contributed by atoms with E-state index in [4.69, 9.17) is 5.73 Å². The van der Waals surface area contributed by atoms with Crippen LogP contribution in [-0.2, 0) is 0 Å². The van der Waals surface area contributed by atoms with Crippen LogP contribution >= 0.6 is 0 Å². The van der Waals surface area contributed by atoms with E-state index in [1.807, 2.05) is 0 Å². The standard InChI is InChI=1S/C13H26N2/c1-10(2)13(7-8-13)9-15-12-5-3-11(14)4-6-12/h10-12,15H,3-9,14H2,1-2H3. The van der Waals surface area contributed by atoms with E-state index >= 15 is 0 Å². The first-order chi connectivity index (χ1) is 7.12. The van der Waals surface area contributed by atoms with Gasteiger partial charge in [-0.15, -0.1) is 0 Å². The first kappa shape index (κ1) is 11.4. The Hall–Kier alpha value is -0.0800. The van der Waals surface area contributed by atoms with E-state index in [-0.39, 0.29) is 0 Å². The van der Waals surface area contributed by atoms with Crippen molar-refractivity contribution in [3.05, 3.63) is 0 Å². The van der Waals surface area contributed by atoms with Gasteiger partial charge >= 0.3 is 0 Å². The topological polar surface area (TPSA) is 38.0 Å². The summed E-state index contributed by atoms with van der Waals surface area (Å²) in [4.78, 5) is 0. The molecule has 2 nitrogen and oxygen atoms in total. The van der Waals surface area contributed by atoms with Crippen molar-refractivity contribution in [3.63, 3.8) is 0 Å². The molecule has 3 N–H and O–H groups in total. The summed E-state index contributed by atoms with van der Waals surface area (Å²) >= 11 is 0. The fourth-order valence-corrected chi connectivity index (χ4v) is 2.79. The van der Waals surface area contributed by atoms with E-state index in [1.165, 1.54) is 45.1 Å². The van der Waals surface area contributed by atoms with Crippen LogP contribution in [0.25, 0.3) is 0 Å². The largest absolute Gasteiger partial charge is 0.328 e. The third-order valence-corrected chi connectivity index (χ3v) is 4.63. The molecule has 0 aromatic heterocycles.